The van der Waals surface area contributed by atoms with Crippen LogP contribution in [0.5, 0.6) is 11.5 Å². The van der Waals surface area contributed by atoms with E-state index in [1.165, 1.54) is 18.3 Å². The number of hydrogen-bond donors (Lipinski definition) is 1. The number of halogens is 1. The summed E-state index contributed by atoms with van der Waals surface area (Å²) < 4.78 is 29.4. The maximum Gasteiger partial charge on any atom is 0.307 e. The molecular formula is C24H19FN2O4. The van der Waals surface area contributed by atoms with Crippen molar-refractivity contribution in [3.05, 3.63) is 95.5 Å². The Hall–Kier alpha value is -4.13. The lowest BCUT2D eigenvalue weighted by atomic mass is 10.2. The summed E-state index contributed by atoms with van der Waals surface area (Å²) in [6.07, 6.45) is 1.52. The van der Waals surface area contributed by atoms with Crippen LogP contribution in [0.4, 0.5) is 4.39 Å². The van der Waals surface area contributed by atoms with E-state index in [1.807, 2.05) is 24.3 Å². The van der Waals surface area contributed by atoms with Gasteiger partial charge in [0.1, 0.15) is 18.2 Å². The average molecular weight is 418 g/mol. The first kappa shape index (κ1) is 20.2. The van der Waals surface area contributed by atoms with E-state index < -0.39 is 5.91 Å². The fourth-order valence-electron chi connectivity index (χ4n) is 2.93. The second kappa shape index (κ2) is 9.13. The number of carbonyl (C=O) groups excluding carboxylic acids is 1. The second-order valence-corrected chi connectivity index (χ2v) is 6.67. The Morgan fingerprint density at radius 3 is 2.61 bits per heavy atom. The van der Waals surface area contributed by atoms with Crippen molar-refractivity contribution in [3.8, 4) is 11.5 Å². The van der Waals surface area contributed by atoms with Crippen molar-refractivity contribution in [2.75, 3.05) is 7.11 Å². The van der Waals surface area contributed by atoms with Gasteiger partial charge in [-0.3, -0.25) is 4.79 Å². The van der Waals surface area contributed by atoms with Crippen LogP contribution in [0.25, 0.3) is 11.0 Å². The number of para-hydroxylation sites is 1. The summed E-state index contributed by atoms with van der Waals surface area (Å²) in [4.78, 5) is 12.3. The highest BCUT2D eigenvalue weighted by molar-refractivity contribution is 5.97. The largest absolute Gasteiger partial charge is 0.493 e. The molecule has 0 aliphatic rings. The van der Waals surface area contributed by atoms with E-state index in [4.69, 9.17) is 13.9 Å². The minimum Gasteiger partial charge on any atom is -0.493 e. The number of rotatable bonds is 7. The van der Waals surface area contributed by atoms with Crippen molar-refractivity contribution in [1.29, 1.82) is 0 Å². The van der Waals surface area contributed by atoms with Crippen molar-refractivity contribution < 1.29 is 23.1 Å². The summed E-state index contributed by atoms with van der Waals surface area (Å²) in [7, 11) is 1.54. The smallest absolute Gasteiger partial charge is 0.307 e. The summed E-state index contributed by atoms with van der Waals surface area (Å²) in [5, 5.41) is 4.74. The molecule has 0 saturated heterocycles. The van der Waals surface area contributed by atoms with E-state index in [9.17, 15) is 9.18 Å². The average Bonchev–Trinajstić information content (AvgIpc) is 3.24. The Bertz CT molecular complexity index is 1210. The molecule has 0 atom stereocenters. The molecule has 1 heterocycles. The van der Waals surface area contributed by atoms with Crippen LogP contribution in [0.2, 0.25) is 0 Å². The molecule has 4 rings (SSSR count). The predicted molar refractivity (Wildman–Crippen MR) is 115 cm³/mol. The van der Waals surface area contributed by atoms with Gasteiger partial charge in [-0.15, -0.1) is 0 Å². The number of amides is 1. The Morgan fingerprint density at radius 1 is 1.10 bits per heavy atom. The SMILES string of the molecule is COc1cccc2cc(C(=O)N/N=C\c3ccc(OCc4ccc(F)cc4)cc3)oc12. The molecule has 0 radical (unpaired) electrons. The molecule has 4 aromatic rings. The Kier molecular flexibility index (Phi) is 5.93. The van der Waals surface area contributed by atoms with E-state index >= 15 is 0 Å². The lowest BCUT2D eigenvalue weighted by Gasteiger charge is -2.06. The predicted octanol–water partition coefficient (Wildman–Crippen LogP) is 4.92. The molecular weight excluding hydrogens is 399 g/mol. The van der Waals surface area contributed by atoms with Gasteiger partial charge in [0.2, 0.25) is 0 Å². The molecule has 1 aromatic heterocycles. The van der Waals surface area contributed by atoms with Crippen LogP contribution in [0.1, 0.15) is 21.7 Å². The minimum absolute atomic E-state index is 0.140. The van der Waals surface area contributed by atoms with Gasteiger partial charge in [-0.2, -0.15) is 5.10 Å². The molecule has 0 saturated carbocycles. The molecule has 1 amide bonds. The number of benzene rings is 3. The molecule has 0 bridgehead atoms. The van der Waals surface area contributed by atoms with Crippen LogP contribution >= 0.6 is 0 Å². The first-order valence-electron chi connectivity index (χ1n) is 9.49. The molecule has 0 unspecified atom stereocenters. The normalized spacial score (nSPS) is 11.0. The highest BCUT2D eigenvalue weighted by atomic mass is 19.1. The summed E-state index contributed by atoms with van der Waals surface area (Å²) in [5.41, 5.74) is 4.61. The van der Waals surface area contributed by atoms with Crippen molar-refractivity contribution >= 4 is 23.1 Å². The topological polar surface area (TPSA) is 73.1 Å². The molecule has 31 heavy (non-hydrogen) atoms. The second-order valence-electron chi connectivity index (χ2n) is 6.67. The van der Waals surface area contributed by atoms with Gasteiger partial charge in [-0.25, -0.2) is 9.82 Å². The van der Waals surface area contributed by atoms with Crippen LogP contribution < -0.4 is 14.9 Å². The van der Waals surface area contributed by atoms with Crippen LogP contribution in [-0.4, -0.2) is 19.2 Å². The first-order valence-corrected chi connectivity index (χ1v) is 9.49. The number of hydrazone groups is 1. The van der Waals surface area contributed by atoms with E-state index in [0.29, 0.717) is 23.7 Å². The third-order valence-corrected chi connectivity index (χ3v) is 4.53. The van der Waals surface area contributed by atoms with Crippen LogP contribution in [0.15, 0.2) is 82.3 Å². The fraction of sp³-hybridized carbons (Fsp3) is 0.0833. The molecule has 0 fully saturated rings. The highest BCUT2D eigenvalue weighted by Crippen LogP contribution is 2.28. The van der Waals surface area contributed by atoms with Gasteiger partial charge < -0.3 is 13.9 Å². The zero-order chi connectivity index (χ0) is 21.6. The van der Waals surface area contributed by atoms with Gasteiger partial charge in [-0.1, -0.05) is 24.3 Å². The summed E-state index contributed by atoms with van der Waals surface area (Å²) >= 11 is 0. The summed E-state index contributed by atoms with van der Waals surface area (Å²) in [6, 6.07) is 20.4. The lowest BCUT2D eigenvalue weighted by molar-refractivity contribution is 0.0929. The van der Waals surface area contributed by atoms with E-state index in [0.717, 1.165) is 16.5 Å². The fourth-order valence-corrected chi connectivity index (χ4v) is 2.93. The van der Waals surface area contributed by atoms with Crippen LogP contribution in [-0.2, 0) is 6.61 Å². The maximum absolute atomic E-state index is 12.9. The van der Waals surface area contributed by atoms with E-state index in [1.54, 1.807) is 43.5 Å². The molecule has 6 nitrogen and oxygen atoms in total. The van der Waals surface area contributed by atoms with Crippen LogP contribution in [0, 0.1) is 5.82 Å². The summed E-state index contributed by atoms with van der Waals surface area (Å²) in [6.45, 7) is 0.339. The number of fused-ring (bicyclic) bond motifs is 1. The monoisotopic (exact) mass is 418 g/mol. The number of nitrogens with zero attached hydrogens (tertiary/aromatic N) is 1. The van der Waals surface area contributed by atoms with Crippen molar-refractivity contribution in [2.45, 2.75) is 6.61 Å². The third-order valence-electron chi connectivity index (χ3n) is 4.53. The molecule has 0 aliphatic carbocycles. The molecule has 1 N–H and O–H groups in total. The number of methoxy groups -OCH3 is 1. The van der Waals surface area contributed by atoms with Gasteiger partial charge in [0.25, 0.3) is 0 Å². The van der Waals surface area contributed by atoms with E-state index in [2.05, 4.69) is 10.5 Å². The van der Waals surface area contributed by atoms with Gasteiger partial charge in [0.05, 0.1) is 13.3 Å². The molecule has 0 aliphatic heterocycles. The zero-order valence-corrected chi connectivity index (χ0v) is 16.7. The first-order chi connectivity index (χ1) is 15.1. The maximum atomic E-state index is 12.9. The number of nitrogens with one attached hydrogen (secondary N) is 1. The Morgan fingerprint density at radius 2 is 1.87 bits per heavy atom. The van der Waals surface area contributed by atoms with Crippen LogP contribution in [0.3, 0.4) is 0 Å². The quantitative estimate of drug-likeness (QED) is 0.341. The van der Waals surface area contributed by atoms with Crippen molar-refractivity contribution in [1.82, 2.24) is 5.43 Å². The highest BCUT2D eigenvalue weighted by Gasteiger charge is 2.14. The van der Waals surface area contributed by atoms with Gasteiger partial charge in [0, 0.05) is 5.39 Å². The number of hydrogen-bond acceptors (Lipinski definition) is 5. The number of carbonyl (C=O) groups is 1. The van der Waals surface area contributed by atoms with Gasteiger partial charge in [0.15, 0.2) is 17.1 Å². The minimum atomic E-state index is -0.464. The summed E-state index contributed by atoms with van der Waals surface area (Å²) in [5.74, 6) is 0.623. The third kappa shape index (κ3) is 4.90. The van der Waals surface area contributed by atoms with Crippen molar-refractivity contribution in [3.63, 3.8) is 0 Å². The number of furan rings is 1. The standard InChI is InChI=1S/C24H19FN2O4/c1-29-21-4-2-3-18-13-22(31-23(18)21)24(28)27-26-14-16-7-11-20(12-8-16)30-15-17-5-9-19(25)10-6-17/h2-14H,15H2,1H3,(H,27,28)/b26-14-. The Balaban J connectivity index is 1.33. The molecule has 7 heteroatoms. The molecule has 0 spiro atoms. The van der Waals surface area contributed by atoms with Gasteiger partial charge in [-0.05, 0) is 59.7 Å². The van der Waals surface area contributed by atoms with E-state index in [-0.39, 0.29) is 11.6 Å². The van der Waals surface area contributed by atoms with Gasteiger partial charge >= 0.3 is 5.91 Å². The van der Waals surface area contributed by atoms with Crippen molar-refractivity contribution in [2.24, 2.45) is 5.10 Å². The zero-order valence-electron chi connectivity index (χ0n) is 16.7. The molecule has 156 valence electrons. The Labute approximate surface area is 177 Å². The lowest BCUT2D eigenvalue weighted by Crippen LogP contribution is -2.16. The number of ether oxygens (including phenoxy) is 2. The molecule has 3 aromatic carbocycles.